The van der Waals surface area contributed by atoms with Crippen LogP contribution in [0, 0.1) is 5.82 Å². The highest BCUT2D eigenvalue weighted by atomic mass is 32.1. The van der Waals surface area contributed by atoms with E-state index in [-0.39, 0.29) is 11.7 Å². The quantitative estimate of drug-likeness (QED) is 0.331. The molecule has 0 atom stereocenters. The van der Waals surface area contributed by atoms with Crippen LogP contribution in [0.1, 0.15) is 15.9 Å². The Balaban J connectivity index is 1.73. The summed E-state index contributed by atoms with van der Waals surface area (Å²) in [6, 6.07) is 21.1. The van der Waals surface area contributed by atoms with E-state index in [0.717, 1.165) is 11.3 Å². The molecule has 0 aliphatic heterocycles. The first-order valence-corrected chi connectivity index (χ1v) is 10.1. The number of amides is 1. The molecule has 0 bridgehead atoms. The van der Waals surface area contributed by atoms with Gasteiger partial charge in [0.25, 0.3) is 5.91 Å². The van der Waals surface area contributed by atoms with Crippen LogP contribution in [0.4, 0.5) is 15.2 Å². The monoisotopic (exact) mass is 418 g/mol. The number of nitrogens with zero attached hydrogens (tertiary/aromatic N) is 4. The fourth-order valence-corrected chi connectivity index (χ4v) is 3.80. The Kier molecular flexibility index (Phi) is 5.54. The lowest BCUT2D eigenvalue weighted by atomic mass is 10.2. The van der Waals surface area contributed by atoms with Gasteiger partial charge in [0.1, 0.15) is 5.82 Å². The van der Waals surface area contributed by atoms with Crippen LogP contribution in [0.5, 0.6) is 0 Å². The van der Waals surface area contributed by atoms with Gasteiger partial charge >= 0.3 is 0 Å². The number of rotatable bonds is 5. The summed E-state index contributed by atoms with van der Waals surface area (Å²) in [7, 11) is 3.88. The maximum Gasteiger partial charge on any atom is 0.280 e. The van der Waals surface area contributed by atoms with Crippen molar-refractivity contribution in [1.29, 1.82) is 0 Å². The normalized spacial score (nSPS) is 11.2. The van der Waals surface area contributed by atoms with Crippen molar-refractivity contribution in [3.8, 4) is 0 Å². The van der Waals surface area contributed by atoms with Gasteiger partial charge in [-0.25, -0.2) is 9.37 Å². The number of hydrogen-bond donors (Lipinski definition) is 0. The summed E-state index contributed by atoms with van der Waals surface area (Å²) in [5, 5.41) is 6.06. The van der Waals surface area contributed by atoms with Gasteiger partial charge in [-0.2, -0.15) is 10.1 Å². The van der Waals surface area contributed by atoms with Gasteiger partial charge in [-0.3, -0.25) is 4.79 Å². The topological polar surface area (TPSA) is 48.8 Å². The third kappa shape index (κ3) is 4.21. The summed E-state index contributed by atoms with van der Waals surface area (Å²) in [5.74, 6) is -0.658. The fraction of sp³-hybridized carbons (Fsp3) is 0.0870. The SMILES string of the molecule is CN(C)c1ccc(C(=O)N(/N=C/c2ccccc2)c2nc3ccc(F)cc3s2)cc1. The summed E-state index contributed by atoms with van der Waals surface area (Å²) in [6.07, 6.45) is 1.61. The lowest BCUT2D eigenvalue weighted by Gasteiger charge is -2.16. The lowest BCUT2D eigenvalue weighted by molar-refractivity contribution is 0.0988. The van der Waals surface area contributed by atoms with Gasteiger partial charge in [-0.1, -0.05) is 41.7 Å². The number of thiazole rings is 1. The maximum absolute atomic E-state index is 13.6. The zero-order valence-electron chi connectivity index (χ0n) is 16.5. The summed E-state index contributed by atoms with van der Waals surface area (Å²) in [4.78, 5) is 19.7. The minimum atomic E-state index is -0.345. The second-order valence-corrected chi connectivity index (χ2v) is 7.83. The van der Waals surface area contributed by atoms with Gasteiger partial charge in [0, 0.05) is 25.3 Å². The number of hydrazone groups is 1. The Labute approximate surface area is 177 Å². The van der Waals surface area contributed by atoms with E-state index in [4.69, 9.17) is 0 Å². The molecule has 3 aromatic carbocycles. The minimum absolute atomic E-state index is 0.313. The first kappa shape index (κ1) is 19.7. The Morgan fingerprint density at radius 3 is 2.47 bits per heavy atom. The van der Waals surface area contributed by atoms with Crippen molar-refractivity contribution in [2.45, 2.75) is 0 Å². The highest BCUT2D eigenvalue weighted by Gasteiger charge is 2.21. The molecule has 1 aromatic heterocycles. The summed E-state index contributed by atoms with van der Waals surface area (Å²) < 4.78 is 14.3. The number of fused-ring (bicyclic) bond motifs is 1. The molecule has 4 aromatic rings. The summed E-state index contributed by atoms with van der Waals surface area (Å²) in [5.41, 5.74) is 2.94. The van der Waals surface area contributed by atoms with Crippen LogP contribution in [-0.4, -0.2) is 31.2 Å². The van der Waals surface area contributed by atoms with E-state index in [0.29, 0.717) is 20.9 Å². The summed E-state index contributed by atoms with van der Waals surface area (Å²) >= 11 is 1.22. The van der Waals surface area contributed by atoms with E-state index in [9.17, 15) is 9.18 Å². The molecular weight excluding hydrogens is 399 g/mol. The number of benzene rings is 3. The highest BCUT2D eigenvalue weighted by Crippen LogP contribution is 2.30. The number of hydrogen-bond acceptors (Lipinski definition) is 5. The molecule has 0 fully saturated rings. The third-order valence-electron chi connectivity index (χ3n) is 4.47. The molecule has 0 unspecified atom stereocenters. The van der Waals surface area contributed by atoms with Gasteiger partial charge in [-0.05, 0) is 48.0 Å². The molecular formula is C23H19FN4OS. The number of aromatic nitrogens is 1. The predicted molar refractivity (Wildman–Crippen MR) is 121 cm³/mol. The molecule has 1 amide bonds. The van der Waals surface area contributed by atoms with Crippen LogP contribution in [0.25, 0.3) is 10.2 Å². The number of anilines is 2. The van der Waals surface area contributed by atoms with Crippen molar-refractivity contribution in [3.05, 3.63) is 89.7 Å². The van der Waals surface area contributed by atoms with E-state index < -0.39 is 0 Å². The van der Waals surface area contributed by atoms with Crippen molar-refractivity contribution in [3.63, 3.8) is 0 Å². The van der Waals surface area contributed by atoms with E-state index >= 15 is 0 Å². The van der Waals surface area contributed by atoms with E-state index in [1.54, 1.807) is 24.4 Å². The molecule has 0 saturated heterocycles. The van der Waals surface area contributed by atoms with E-state index in [1.165, 1.54) is 28.5 Å². The van der Waals surface area contributed by atoms with Crippen molar-refractivity contribution < 1.29 is 9.18 Å². The molecule has 0 spiro atoms. The largest absolute Gasteiger partial charge is 0.378 e. The van der Waals surface area contributed by atoms with Crippen LogP contribution in [-0.2, 0) is 0 Å². The predicted octanol–water partition coefficient (Wildman–Crippen LogP) is 5.18. The van der Waals surface area contributed by atoms with Crippen LogP contribution < -0.4 is 9.91 Å². The standard InChI is InChI=1S/C23H19FN4OS/c1-27(2)19-11-8-17(9-12-19)22(29)28(25-15-16-6-4-3-5-7-16)23-26-20-13-10-18(24)14-21(20)30-23/h3-15H,1-2H3/b25-15+. The lowest BCUT2D eigenvalue weighted by Crippen LogP contribution is -2.25. The molecule has 1 heterocycles. The number of carbonyl (C=O) groups is 1. The fourth-order valence-electron chi connectivity index (χ4n) is 2.85. The first-order chi connectivity index (χ1) is 14.5. The van der Waals surface area contributed by atoms with Crippen molar-refractivity contribution in [1.82, 2.24) is 4.98 Å². The van der Waals surface area contributed by atoms with Gasteiger partial charge < -0.3 is 4.90 Å². The van der Waals surface area contributed by atoms with Crippen LogP contribution in [0.15, 0.2) is 77.9 Å². The smallest absolute Gasteiger partial charge is 0.280 e. The molecule has 5 nitrogen and oxygen atoms in total. The van der Waals surface area contributed by atoms with Gasteiger partial charge in [0.15, 0.2) is 0 Å². The van der Waals surface area contributed by atoms with Crippen LogP contribution >= 0.6 is 11.3 Å². The highest BCUT2D eigenvalue weighted by molar-refractivity contribution is 7.22. The summed E-state index contributed by atoms with van der Waals surface area (Å²) in [6.45, 7) is 0. The van der Waals surface area contributed by atoms with E-state index in [1.807, 2.05) is 61.5 Å². The van der Waals surface area contributed by atoms with Crippen molar-refractivity contribution in [2.24, 2.45) is 5.10 Å². The zero-order chi connectivity index (χ0) is 21.1. The average Bonchev–Trinajstić information content (AvgIpc) is 3.17. The Bertz CT molecular complexity index is 1200. The van der Waals surface area contributed by atoms with Crippen molar-refractivity contribution in [2.75, 3.05) is 24.0 Å². The molecule has 0 radical (unpaired) electrons. The van der Waals surface area contributed by atoms with Gasteiger partial charge in [-0.15, -0.1) is 0 Å². The Morgan fingerprint density at radius 2 is 1.77 bits per heavy atom. The van der Waals surface area contributed by atoms with Crippen LogP contribution in [0.2, 0.25) is 0 Å². The second kappa shape index (κ2) is 8.42. The van der Waals surface area contributed by atoms with Gasteiger partial charge in [0.05, 0.1) is 16.4 Å². The average molecular weight is 418 g/mol. The Hall–Kier alpha value is -3.58. The van der Waals surface area contributed by atoms with Crippen LogP contribution in [0.3, 0.4) is 0 Å². The third-order valence-corrected chi connectivity index (χ3v) is 5.46. The first-order valence-electron chi connectivity index (χ1n) is 9.28. The minimum Gasteiger partial charge on any atom is -0.378 e. The Morgan fingerprint density at radius 1 is 1.03 bits per heavy atom. The second-order valence-electron chi connectivity index (χ2n) is 6.82. The molecule has 0 saturated carbocycles. The molecule has 4 rings (SSSR count). The molecule has 30 heavy (non-hydrogen) atoms. The molecule has 0 aliphatic rings. The van der Waals surface area contributed by atoms with Gasteiger partial charge in [0.2, 0.25) is 5.13 Å². The zero-order valence-corrected chi connectivity index (χ0v) is 17.3. The van der Waals surface area contributed by atoms with Crippen molar-refractivity contribution >= 4 is 44.5 Å². The molecule has 0 aliphatic carbocycles. The number of halogens is 1. The van der Waals surface area contributed by atoms with E-state index in [2.05, 4.69) is 10.1 Å². The molecule has 7 heteroatoms. The molecule has 0 N–H and O–H groups in total. The molecule has 150 valence electrons. The number of carbonyl (C=O) groups excluding carboxylic acids is 1. The maximum atomic E-state index is 13.6.